The minimum absolute atomic E-state index is 0.306. The number of carbonyl (C=O) groups excluding carboxylic acids is 2. The van der Waals surface area contributed by atoms with Gasteiger partial charge < -0.3 is 18.9 Å². The number of rotatable bonds is 11. The van der Waals surface area contributed by atoms with E-state index in [-0.39, 0.29) is 22.4 Å². The summed E-state index contributed by atoms with van der Waals surface area (Å²) in [5, 5.41) is -0.775. The Kier molecular flexibility index (Phi) is 15.1. The van der Waals surface area contributed by atoms with Gasteiger partial charge in [0.15, 0.2) is 0 Å². The van der Waals surface area contributed by atoms with Crippen LogP contribution in [0.25, 0.3) is 0 Å². The zero-order valence-corrected chi connectivity index (χ0v) is 18.7. The molecule has 0 radical (unpaired) electrons. The summed E-state index contributed by atoms with van der Waals surface area (Å²) in [5.74, 6) is -0.611. The zero-order chi connectivity index (χ0) is 19.9. The lowest BCUT2D eigenvalue weighted by Crippen LogP contribution is -2.19. The second kappa shape index (κ2) is 15.5. The van der Waals surface area contributed by atoms with Crippen LogP contribution in [0, 0.1) is 0 Å². The van der Waals surface area contributed by atoms with Crippen LogP contribution in [0.1, 0.15) is 40.5 Å². The molecule has 0 aliphatic carbocycles. The molecule has 0 aliphatic heterocycles. The maximum atomic E-state index is 11.5. The third-order valence-electron chi connectivity index (χ3n) is 2.76. The zero-order valence-electron chi connectivity index (χ0n) is 15.5. The summed E-state index contributed by atoms with van der Waals surface area (Å²) in [5.41, 5.74) is 0. The van der Waals surface area contributed by atoms with Gasteiger partial charge >= 0.3 is 11.9 Å². The molecule has 2 atom stereocenters. The maximum Gasteiger partial charge on any atom is 0.319 e. The first-order valence-electron chi connectivity index (χ1n) is 8.31. The summed E-state index contributed by atoms with van der Waals surface area (Å²) in [7, 11) is 0. The number of hydrogen-bond acceptors (Lipinski definition) is 10. The highest BCUT2D eigenvalue weighted by Gasteiger charge is 2.18. The van der Waals surface area contributed by atoms with Crippen LogP contribution >= 0.6 is 48.0 Å². The molecule has 0 aromatic carbocycles. The van der Waals surface area contributed by atoms with Crippen molar-refractivity contribution in [1.29, 1.82) is 0 Å². The van der Waals surface area contributed by atoms with Crippen molar-refractivity contribution >= 4 is 68.7 Å². The van der Waals surface area contributed by atoms with Crippen molar-refractivity contribution in [3.63, 3.8) is 0 Å². The predicted molar refractivity (Wildman–Crippen MR) is 114 cm³/mol. The Balaban J connectivity index is 3.74. The lowest BCUT2D eigenvalue weighted by atomic mass is 10.3. The van der Waals surface area contributed by atoms with Crippen molar-refractivity contribution in [1.82, 2.24) is 0 Å². The Bertz CT molecular complexity index is 430. The van der Waals surface area contributed by atoms with Crippen molar-refractivity contribution in [2.75, 3.05) is 26.4 Å². The standard InChI is InChI=1S/C16H26O6S4/c1-5-19-13(17)11(3)25-15(23)21-9-7-8-10-22-16(24)26-12(4)14(18)20-6-2/h11-12H,5-10H2,1-4H3. The summed E-state index contributed by atoms with van der Waals surface area (Å²) < 4.78 is 21.3. The van der Waals surface area contributed by atoms with Gasteiger partial charge in [-0.1, -0.05) is 23.5 Å². The molecular formula is C16H26O6S4. The average Bonchev–Trinajstić information content (AvgIpc) is 2.58. The van der Waals surface area contributed by atoms with Crippen LogP contribution in [-0.2, 0) is 28.5 Å². The van der Waals surface area contributed by atoms with Crippen molar-refractivity contribution in [3.8, 4) is 0 Å². The molecule has 0 N–H and O–H groups in total. The van der Waals surface area contributed by atoms with Crippen molar-refractivity contribution in [3.05, 3.63) is 0 Å². The Labute approximate surface area is 174 Å². The second-order valence-electron chi connectivity index (χ2n) is 4.93. The predicted octanol–water partition coefficient (Wildman–Crippen LogP) is 3.74. The number of carbonyl (C=O) groups is 2. The van der Waals surface area contributed by atoms with E-state index in [1.807, 2.05) is 0 Å². The van der Waals surface area contributed by atoms with Crippen molar-refractivity contribution in [2.24, 2.45) is 0 Å². The van der Waals surface area contributed by atoms with E-state index in [1.165, 1.54) is 23.5 Å². The molecule has 26 heavy (non-hydrogen) atoms. The molecule has 0 saturated heterocycles. The number of esters is 2. The third kappa shape index (κ3) is 12.7. The monoisotopic (exact) mass is 442 g/mol. The molecule has 0 spiro atoms. The average molecular weight is 443 g/mol. The van der Waals surface area contributed by atoms with Gasteiger partial charge in [-0.15, -0.1) is 0 Å². The highest BCUT2D eigenvalue weighted by Crippen LogP contribution is 2.17. The molecule has 6 nitrogen and oxygen atoms in total. The molecule has 0 aliphatic rings. The Hall–Kier alpha value is -0.580. The summed E-state index contributed by atoms with van der Waals surface area (Å²) in [6, 6.07) is 0. The number of unbranched alkanes of at least 4 members (excludes halogenated alkanes) is 1. The van der Waals surface area contributed by atoms with Crippen LogP contribution < -0.4 is 0 Å². The first-order valence-corrected chi connectivity index (χ1v) is 10.9. The summed E-state index contributed by atoms with van der Waals surface area (Å²) in [6.45, 7) is 8.52. The molecule has 0 fully saturated rings. The fraction of sp³-hybridized carbons (Fsp3) is 0.750. The molecule has 0 heterocycles. The fourth-order valence-electron chi connectivity index (χ4n) is 1.49. The van der Waals surface area contributed by atoms with Crippen LogP contribution in [0.5, 0.6) is 0 Å². The Morgan fingerprint density at radius 3 is 1.42 bits per heavy atom. The van der Waals surface area contributed by atoms with Crippen LogP contribution in [0.4, 0.5) is 0 Å². The first-order chi connectivity index (χ1) is 12.3. The highest BCUT2D eigenvalue weighted by molar-refractivity contribution is 8.23. The molecule has 0 rings (SSSR count). The van der Waals surface area contributed by atoms with E-state index in [9.17, 15) is 9.59 Å². The summed E-state index contributed by atoms with van der Waals surface area (Å²) >= 11 is 12.5. The fourth-order valence-corrected chi connectivity index (χ4v) is 3.73. The quantitative estimate of drug-likeness (QED) is 0.268. The van der Waals surface area contributed by atoms with Gasteiger partial charge in [-0.25, -0.2) is 0 Å². The lowest BCUT2D eigenvalue weighted by molar-refractivity contribution is -0.143. The van der Waals surface area contributed by atoms with Crippen LogP contribution in [0.15, 0.2) is 0 Å². The number of thiocarbonyl (C=S) groups is 2. The van der Waals surface area contributed by atoms with Gasteiger partial charge in [-0.2, -0.15) is 0 Å². The molecule has 2 unspecified atom stereocenters. The van der Waals surface area contributed by atoms with E-state index in [2.05, 4.69) is 0 Å². The van der Waals surface area contributed by atoms with E-state index < -0.39 is 0 Å². The van der Waals surface area contributed by atoms with Gasteiger partial charge in [0.2, 0.25) is 8.77 Å². The molecule has 150 valence electrons. The number of ether oxygens (including phenoxy) is 4. The summed E-state index contributed by atoms with van der Waals surface area (Å²) in [6.07, 6.45) is 1.46. The molecule has 10 heteroatoms. The van der Waals surface area contributed by atoms with Gasteiger partial charge in [0.1, 0.15) is 10.5 Å². The summed E-state index contributed by atoms with van der Waals surface area (Å²) in [4.78, 5) is 23.0. The Morgan fingerprint density at radius 2 is 1.12 bits per heavy atom. The molecule has 0 saturated carbocycles. The number of thioether (sulfide) groups is 2. The first kappa shape index (κ1) is 25.4. The lowest BCUT2D eigenvalue weighted by Gasteiger charge is -2.12. The topological polar surface area (TPSA) is 71.1 Å². The molecule has 0 aromatic rings. The van der Waals surface area contributed by atoms with E-state index in [0.717, 1.165) is 12.8 Å². The van der Waals surface area contributed by atoms with Gasteiger partial charge in [0.05, 0.1) is 26.4 Å². The molecule has 0 bridgehead atoms. The van der Waals surface area contributed by atoms with Gasteiger partial charge in [-0.05, 0) is 65.0 Å². The minimum atomic E-state index is -0.387. The number of hydrogen-bond donors (Lipinski definition) is 0. The Morgan fingerprint density at radius 1 is 0.769 bits per heavy atom. The highest BCUT2D eigenvalue weighted by atomic mass is 32.2. The van der Waals surface area contributed by atoms with Crippen LogP contribution in [0.3, 0.4) is 0 Å². The van der Waals surface area contributed by atoms with Gasteiger partial charge in [0, 0.05) is 0 Å². The van der Waals surface area contributed by atoms with E-state index >= 15 is 0 Å². The maximum absolute atomic E-state index is 11.5. The van der Waals surface area contributed by atoms with E-state index in [4.69, 9.17) is 43.4 Å². The van der Waals surface area contributed by atoms with Gasteiger partial charge in [0.25, 0.3) is 0 Å². The second-order valence-corrected chi connectivity index (χ2v) is 8.81. The SMILES string of the molecule is CCOC(=O)C(C)SC(=S)OCCCCOC(=S)SC(C)C(=O)OCC. The molecule has 0 amide bonds. The van der Waals surface area contributed by atoms with Crippen LogP contribution in [-0.4, -0.2) is 57.6 Å². The van der Waals surface area contributed by atoms with E-state index in [1.54, 1.807) is 27.7 Å². The van der Waals surface area contributed by atoms with Gasteiger partial charge in [-0.3, -0.25) is 9.59 Å². The van der Waals surface area contributed by atoms with Crippen LogP contribution in [0.2, 0.25) is 0 Å². The minimum Gasteiger partial charge on any atom is -0.479 e. The van der Waals surface area contributed by atoms with Crippen molar-refractivity contribution in [2.45, 2.75) is 51.0 Å². The normalized spacial score (nSPS) is 12.6. The largest absolute Gasteiger partial charge is 0.479 e. The third-order valence-corrected chi connectivity index (χ3v) is 5.29. The van der Waals surface area contributed by atoms with Crippen molar-refractivity contribution < 1.29 is 28.5 Å². The van der Waals surface area contributed by atoms with E-state index in [0.29, 0.717) is 35.2 Å². The smallest absolute Gasteiger partial charge is 0.319 e. The molecular weight excluding hydrogens is 416 g/mol. The molecule has 0 aromatic heterocycles.